The number of amides is 1. The van der Waals surface area contributed by atoms with Crippen LogP contribution in [0, 0.1) is 10.1 Å². The molecule has 2 aromatic carbocycles. The zero-order valence-electron chi connectivity index (χ0n) is 18.5. The van der Waals surface area contributed by atoms with Gasteiger partial charge in [0.25, 0.3) is 11.6 Å². The SMILES string of the molecule is COc1cccc(-n2nnc3c(N4CCN(C(=O)c5cc([N+](=O)[O-])ccc5Cl)CC4)ncnc32)c1. The molecule has 1 amide bonds. The Bertz CT molecular complexity index is 1430. The lowest BCUT2D eigenvalue weighted by atomic mass is 10.1. The molecule has 12 nitrogen and oxygen atoms in total. The van der Waals surface area contributed by atoms with Crippen molar-refractivity contribution in [2.24, 2.45) is 0 Å². The van der Waals surface area contributed by atoms with Gasteiger partial charge in [-0.25, -0.2) is 9.97 Å². The minimum absolute atomic E-state index is 0.111. The molecule has 0 radical (unpaired) electrons. The molecule has 0 unspecified atom stereocenters. The average Bonchev–Trinajstić information content (AvgIpc) is 3.33. The number of benzene rings is 2. The molecule has 0 saturated carbocycles. The normalized spacial score (nSPS) is 13.8. The Labute approximate surface area is 203 Å². The second-order valence-electron chi connectivity index (χ2n) is 7.77. The topological polar surface area (TPSA) is 132 Å². The molecule has 1 aliphatic rings. The van der Waals surface area contributed by atoms with Gasteiger partial charge in [-0.2, -0.15) is 4.68 Å². The summed E-state index contributed by atoms with van der Waals surface area (Å²) in [7, 11) is 1.59. The Morgan fingerprint density at radius 3 is 2.66 bits per heavy atom. The van der Waals surface area contributed by atoms with Gasteiger partial charge in [-0.3, -0.25) is 14.9 Å². The number of piperazine rings is 1. The van der Waals surface area contributed by atoms with Crippen LogP contribution in [0.2, 0.25) is 5.02 Å². The first-order chi connectivity index (χ1) is 17.0. The van der Waals surface area contributed by atoms with E-state index in [4.69, 9.17) is 16.3 Å². The highest BCUT2D eigenvalue weighted by molar-refractivity contribution is 6.33. The Balaban J connectivity index is 1.36. The molecule has 1 saturated heterocycles. The molecular weight excluding hydrogens is 476 g/mol. The monoisotopic (exact) mass is 494 g/mol. The van der Waals surface area contributed by atoms with E-state index in [0.717, 1.165) is 5.69 Å². The van der Waals surface area contributed by atoms with Crippen LogP contribution in [-0.4, -0.2) is 74.0 Å². The summed E-state index contributed by atoms with van der Waals surface area (Å²) in [6, 6.07) is 11.3. The predicted molar refractivity (Wildman–Crippen MR) is 127 cm³/mol. The van der Waals surface area contributed by atoms with Gasteiger partial charge in [0.05, 0.1) is 28.3 Å². The summed E-state index contributed by atoms with van der Waals surface area (Å²) in [5.74, 6) is 0.949. The Kier molecular flexibility index (Phi) is 5.87. The average molecular weight is 495 g/mol. The highest BCUT2D eigenvalue weighted by Gasteiger charge is 2.27. The van der Waals surface area contributed by atoms with Gasteiger partial charge in [0.2, 0.25) is 0 Å². The lowest BCUT2D eigenvalue weighted by Crippen LogP contribution is -2.49. The standard InChI is InChI=1S/C22H19ClN8O4/c1-35-16-4-2-3-14(11-16)30-21-19(26-27-30)20(24-13-25-21)28-7-9-29(10-8-28)22(32)17-12-15(31(33)34)5-6-18(17)23/h2-6,11-13H,7-10H2,1H3. The third-order valence-corrected chi connectivity index (χ3v) is 6.10. The molecule has 0 bridgehead atoms. The number of ether oxygens (including phenoxy) is 1. The first-order valence-corrected chi connectivity index (χ1v) is 11.0. The summed E-state index contributed by atoms with van der Waals surface area (Å²) in [6.45, 7) is 1.73. The van der Waals surface area contributed by atoms with Crippen LogP contribution < -0.4 is 9.64 Å². The maximum atomic E-state index is 13.0. The number of rotatable bonds is 5. The summed E-state index contributed by atoms with van der Waals surface area (Å²) in [6.07, 6.45) is 1.46. The first-order valence-electron chi connectivity index (χ1n) is 10.7. The largest absolute Gasteiger partial charge is 0.497 e. The number of nitro benzene ring substituents is 1. The maximum Gasteiger partial charge on any atom is 0.270 e. The molecule has 0 N–H and O–H groups in total. The van der Waals surface area contributed by atoms with Crippen molar-refractivity contribution in [3.8, 4) is 11.4 Å². The van der Waals surface area contributed by atoms with Gasteiger partial charge in [-0.1, -0.05) is 22.9 Å². The number of carbonyl (C=O) groups is 1. The van der Waals surface area contributed by atoms with Crippen LogP contribution in [0.1, 0.15) is 10.4 Å². The molecule has 0 aliphatic carbocycles. The molecule has 0 atom stereocenters. The summed E-state index contributed by atoms with van der Waals surface area (Å²) in [5.41, 5.74) is 1.77. The van der Waals surface area contributed by atoms with E-state index in [2.05, 4.69) is 20.3 Å². The highest BCUT2D eigenvalue weighted by atomic mass is 35.5. The minimum atomic E-state index is -0.551. The minimum Gasteiger partial charge on any atom is -0.497 e. The van der Waals surface area contributed by atoms with Gasteiger partial charge in [0.1, 0.15) is 12.1 Å². The number of fused-ring (bicyclic) bond motifs is 1. The van der Waals surface area contributed by atoms with Crippen molar-refractivity contribution in [1.82, 2.24) is 29.9 Å². The quantitative estimate of drug-likeness (QED) is 0.303. The van der Waals surface area contributed by atoms with Crippen LogP contribution in [-0.2, 0) is 0 Å². The Morgan fingerprint density at radius 1 is 1.11 bits per heavy atom. The predicted octanol–water partition coefficient (Wildman–Crippen LogP) is 2.74. The molecule has 0 spiro atoms. The van der Waals surface area contributed by atoms with Crippen molar-refractivity contribution in [3.63, 3.8) is 0 Å². The van der Waals surface area contributed by atoms with E-state index in [9.17, 15) is 14.9 Å². The number of halogens is 1. The molecule has 1 aliphatic heterocycles. The van der Waals surface area contributed by atoms with Crippen LogP contribution in [0.25, 0.3) is 16.9 Å². The number of nitro groups is 1. The first kappa shape index (κ1) is 22.5. The van der Waals surface area contributed by atoms with Crippen molar-refractivity contribution in [1.29, 1.82) is 0 Å². The molecule has 2 aromatic heterocycles. The smallest absolute Gasteiger partial charge is 0.270 e. The van der Waals surface area contributed by atoms with E-state index in [0.29, 0.717) is 48.9 Å². The molecule has 3 heterocycles. The summed E-state index contributed by atoms with van der Waals surface area (Å²) in [4.78, 5) is 36.0. The van der Waals surface area contributed by atoms with Gasteiger partial charge >= 0.3 is 0 Å². The fourth-order valence-electron chi connectivity index (χ4n) is 3.97. The van der Waals surface area contributed by atoms with Crippen LogP contribution in [0.3, 0.4) is 0 Å². The fraction of sp³-hybridized carbons (Fsp3) is 0.227. The Morgan fingerprint density at radius 2 is 1.91 bits per heavy atom. The number of methoxy groups -OCH3 is 1. The van der Waals surface area contributed by atoms with Gasteiger partial charge in [0.15, 0.2) is 17.0 Å². The number of nitrogens with zero attached hydrogens (tertiary/aromatic N) is 8. The van der Waals surface area contributed by atoms with Crippen molar-refractivity contribution in [2.75, 3.05) is 38.2 Å². The lowest BCUT2D eigenvalue weighted by Gasteiger charge is -2.35. The van der Waals surface area contributed by atoms with Gasteiger partial charge < -0.3 is 14.5 Å². The molecule has 178 valence electrons. The number of aromatic nitrogens is 5. The van der Waals surface area contributed by atoms with E-state index < -0.39 is 4.92 Å². The van der Waals surface area contributed by atoms with E-state index in [1.165, 1.54) is 24.5 Å². The Hall–Kier alpha value is -4.32. The second kappa shape index (κ2) is 9.14. The maximum absolute atomic E-state index is 13.0. The van der Waals surface area contributed by atoms with E-state index in [1.807, 2.05) is 29.2 Å². The molecule has 35 heavy (non-hydrogen) atoms. The van der Waals surface area contributed by atoms with Crippen LogP contribution in [0.5, 0.6) is 5.75 Å². The van der Waals surface area contributed by atoms with Crippen LogP contribution >= 0.6 is 11.6 Å². The third kappa shape index (κ3) is 4.19. The van der Waals surface area contributed by atoms with E-state index in [1.54, 1.807) is 16.7 Å². The number of non-ortho nitro benzene ring substituents is 1. The van der Waals surface area contributed by atoms with Crippen LogP contribution in [0.15, 0.2) is 48.8 Å². The lowest BCUT2D eigenvalue weighted by molar-refractivity contribution is -0.384. The van der Waals surface area contributed by atoms with E-state index >= 15 is 0 Å². The molecule has 5 rings (SSSR count). The van der Waals surface area contributed by atoms with E-state index in [-0.39, 0.29) is 22.2 Å². The number of hydrogen-bond acceptors (Lipinski definition) is 9. The zero-order valence-corrected chi connectivity index (χ0v) is 19.3. The second-order valence-corrected chi connectivity index (χ2v) is 8.18. The zero-order chi connectivity index (χ0) is 24.5. The number of anilines is 1. The van der Waals surface area contributed by atoms with Gasteiger partial charge in [-0.05, 0) is 18.2 Å². The number of carbonyl (C=O) groups excluding carboxylic acids is 1. The summed E-state index contributed by atoms with van der Waals surface area (Å²) in [5, 5.41) is 19.8. The molecule has 4 aromatic rings. The van der Waals surface area contributed by atoms with Crippen LogP contribution in [0.4, 0.5) is 11.5 Å². The van der Waals surface area contributed by atoms with Crippen molar-refractivity contribution >= 4 is 40.2 Å². The molecule has 13 heteroatoms. The number of hydrogen-bond donors (Lipinski definition) is 0. The van der Waals surface area contributed by atoms with Crippen molar-refractivity contribution in [3.05, 3.63) is 69.5 Å². The summed E-state index contributed by atoms with van der Waals surface area (Å²) < 4.78 is 6.91. The third-order valence-electron chi connectivity index (χ3n) is 5.77. The molecule has 1 fully saturated rings. The van der Waals surface area contributed by atoms with Crippen molar-refractivity contribution < 1.29 is 14.5 Å². The van der Waals surface area contributed by atoms with Gasteiger partial charge in [-0.15, -0.1) is 5.10 Å². The fourth-order valence-corrected chi connectivity index (χ4v) is 4.17. The summed E-state index contributed by atoms with van der Waals surface area (Å²) >= 11 is 6.15. The molecular formula is C22H19ClN8O4. The highest BCUT2D eigenvalue weighted by Crippen LogP contribution is 2.27. The van der Waals surface area contributed by atoms with Crippen molar-refractivity contribution in [2.45, 2.75) is 0 Å². The van der Waals surface area contributed by atoms with Gasteiger partial charge in [0, 0.05) is 44.4 Å².